The lowest BCUT2D eigenvalue weighted by Crippen LogP contribution is -2.14. The summed E-state index contributed by atoms with van der Waals surface area (Å²) in [6.45, 7) is 0.223. The van der Waals surface area contributed by atoms with Crippen LogP contribution in [0.2, 0.25) is 0 Å². The third-order valence-corrected chi connectivity index (χ3v) is 1.55. The first kappa shape index (κ1) is 9.51. The summed E-state index contributed by atoms with van der Waals surface area (Å²) in [5.41, 5.74) is 5.66. The van der Waals surface area contributed by atoms with E-state index in [1.165, 1.54) is 12.1 Å². The van der Waals surface area contributed by atoms with Gasteiger partial charge in [-0.25, -0.2) is 9.18 Å². The van der Waals surface area contributed by atoms with Gasteiger partial charge in [0.2, 0.25) is 0 Å². The number of nitrogens with two attached hydrogens (primary N) is 1. The van der Waals surface area contributed by atoms with E-state index in [1.807, 2.05) is 0 Å². The van der Waals surface area contributed by atoms with Gasteiger partial charge in [0.15, 0.2) is 0 Å². The maximum atomic E-state index is 12.4. The zero-order valence-electron chi connectivity index (χ0n) is 7.00. The summed E-state index contributed by atoms with van der Waals surface area (Å²) in [7, 11) is 0. The summed E-state index contributed by atoms with van der Waals surface area (Å²) in [5.74, 6) is -0.278. The summed E-state index contributed by atoms with van der Waals surface area (Å²) in [4.78, 5) is 10.2. The lowest BCUT2D eigenvalue weighted by molar-refractivity contribution is 0.158. The van der Waals surface area contributed by atoms with E-state index in [0.29, 0.717) is 6.42 Å². The molecule has 4 heteroatoms. The summed E-state index contributed by atoms with van der Waals surface area (Å²) in [6.07, 6.45) is -0.245. The highest BCUT2D eigenvalue weighted by Gasteiger charge is 1.96. The smallest absolute Gasteiger partial charge is 0.404 e. The first-order valence-corrected chi connectivity index (χ1v) is 3.85. The van der Waals surface area contributed by atoms with Gasteiger partial charge in [-0.15, -0.1) is 0 Å². The van der Waals surface area contributed by atoms with Crippen molar-refractivity contribution in [1.29, 1.82) is 0 Å². The molecule has 2 N–H and O–H groups in total. The summed E-state index contributed by atoms with van der Waals surface area (Å²) in [5, 5.41) is 0. The van der Waals surface area contributed by atoms with E-state index in [-0.39, 0.29) is 12.4 Å². The van der Waals surface area contributed by atoms with E-state index >= 15 is 0 Å². The van der Waals surface area contributed by atoms with E-state index in [2.05, 4.69) is 4.74 Å². The van der Waals surface area contributed by atoms with Crippen molar-refractivity contribution in [3.63, 3.8) is 0 Å². The van der Waals surface area contributed by atoms with Crippen LogP contribution in [-0.4, -0.2) is 12.7 Å². The molecule has 0 aliphatic carbocycles. The molecule has 3 nitrogen and oxygen atoms in total. The molecule has 1 aromatic rings. The minimum absolute atomic E-state index is 0.223. The second kappa shape index (κ2) is 4.45. The monoisotopic (exact) mass is 183 g/mol. The predicted molar refractivity (Wildman–Crippen MR) is 45.6 cm³/mol. The minimum atomic E-state index is -0.790. The summed E-state index contributed by atoms with van der Waals surface area (Å²) in [6, 6.07) is 6.00. The molecule has 0 saturated carbocycles. The Labute approximate surface area is 75.3 Å². The van der Waals surface area contributed by atoms with Crippen LogP contribution in [0.15, 0.2) is 24.3 Å². The molecule has 0 unspecified atom stereocenters. The van der Waals surface area contributed by atoms with Gasteiger partial charge in [0, 0.05) is 6.42 Å². The van der Waals surface area contributed by atoms with Gasteiger partial charge in [-0.1, -0.05) is 12.1 Å². The number of ether oxygens (including phenoxy) is 1. The Bertz CT molecular complexity index is 284. The van der Waals surface area contributed by atoms with Crippen molar-refractivity contribution in [3.05, 3.63) is 35.6 Å². The maximum Gasteiger partial charge on any atom is 0.404 e. The van der Waals surface area contributed by atoms with Crippen LogP contribution in [0.5, 0.6) is 0 Å². The van der Waals surface area contributed by atoms with Crippen molar-refractivity contribution < 1.29 is 13.9 Å². The van der Waals surface area contributed by atoms with Gasteiger partial charge >= 0.3 is 6.09 Å². The lowest BCUT2D eigenvalue weighted by atomic mass is 10.2. The first-order valence-electron chi connectivity index (χ1n) is 3.85. The number of primary amides is 1. The molecule has 0 atom stereocenters. The van der Waals surface area contributed by atoms with Gasteiger partial charge in [-0.2, -0.15) is 0 Å². The number of hydrogen-bond donors (Lipinski definition) is 1. The number of benzene rings is 1. The molecule has 0 aliphatic rings. The normalized spacial score (nSPS) is 9.62. The van der Waals surface area contributed by atoms with Gasteiger partial charge in [0.25, 0.3) is 0 Å². The largest absolute Gasteiger partial charge is 0.449 e. The van der Waals surface area contributed by atoms with Gasteiger partial charge in [0.05, 0.1) is 6.61 Å². The third kappa shape index (κ3) is 3.55. The molecular formula is C9H10FNO2. The zero-order chi connectivity index (χ0) is 9.68. The van der Waals surface area contributed by atoms with Crippen molar-refractivity contribution >= 4 is 6.09 Å². The highest BCUT2D eigenvalue weighted by molar-refractivity contribution is 5.64. The highest BCUT2D eigenvalue weighted by Crippen LogP contribution is 2.03. The molecule has 70 valence electrons. The number of carbonyl (C=O) groups is 1. The van der Waals surface area contributed by atoms with Crippen molar-refractivity contribution in [2.75, 3.05) is 6.61 Å². The topological polar surface area (TPSA) is 52.3 Å². The molecule has 0 aliphatic heterocycles. The van der Waals surface area contributed by atoms with Crippen molar-refractivity contribution in [2.45, 2.75) is 6.42 Å². The molecule has 0 spiro atoms. The number of hydrogen-bond acceptors (Lipinski definition) is 2. The second-order valence-electron chi connectivity index (χ2n) is 2.54. The molecule has 13 heavy (non-hydrogen) atoms. The Morgan fingerprint density at radius 1 is 1.38 bits per heavy atom. The van der Waals surface area contributed by atoms with Crippen LogP contribution in [0.4, 0.5) is 9.18 Å². The van der Waals surface area contributed by atoms with E-state index in [0.717, 1.165) is 5.56 Å². The quantitative estimate of drug-likeness (QED) is 0.771. The van der Waals surface area contributed by atoms with E-state index in [1.54, 1.807) is 12.1 Å². The van der Waals surface area contributed by atoms with Crippen molar-refractivity contribution in [3.8, 4) is 0 Å². The number of amides is 1. The molecule has 1 amide bonds. The Morgan fingerprint density at radius 3 is 2.54 bits per heavy atom. The number of carbonyl (C=O) groups excluding carboxylic acids is 1. The molecule has 1 rings (SSSR count). The number of halogens is 1. The molecule has 0 radical (unpaired) electrons. The van der Waals surface area contributed by atoms with Crippen molar-refractivity contribution in [2.24, 2.45) is 5.73 Å². The van der Waals surface area contributed by atoms with Crippen LogP contribution in [-0.2, 0) is 11.2 Å². The van der Waals surface area contributed by atoms with Gasteiger partial charge < -0.3 is 10.5 Å². The Hall–Kier alpha value is -1.58. The third-order valence-electron chi connectivity index (χ3n) is 1.55. The molecule has 0 fully saturated rings. The fraction of sp³-hybridized carbons (Fsp3) is 0.222. The van der Waals surface area contributed by atoms with Crippen LogP contribution in [0.1, 0.15) is 5.56 Å². The fourth-order valence-corrected chi connectivity index (χ4v) is 0.921. The average molecular weight is 183 g/mol. The Morgan fingerprint density at radius 2 is 2.00 bits per heavy atom. The van der Waals surface area contributed by atoms with E-state index in [9.17, 15) is 9.18 Å². The molecule has 1 aromatic carbocycles. The lowest BCUT2D eigenvalue weighted by Gasteiger charge is -2.01. The standard InChI is InChI=1S/C9H10FNO2/c10-8-3-1-7(2-4-8)5-6-13-9(11)12/h1-4H,5-6H2,(H2,11,12). The fourth-order valence-electron chi connectivity index (χ4n) is 0.921. The van der Waals surface area contributed by atoms with Crippen molar-refractivity contribution in [1.82, 2.24) is 0 Å². The van der Waals surface area contributed by atoms with Crippen LogP contribution < -0.4 is 5.73 Å². The van der Waals surface area contributed by atoms with E-state index in [4.69, 9.17) is 5.73 Å². The molecule has 0 saturated heterocycles. The van der Waals surface area contributed by atoms with E-state index < -0.39 is 6.09 Å². The van der Waals surface area contributed by atoms with Gasteiger partial charge in [-0.05, 0) is 17.7 Å². The molecular weight excluding hydrogens is 173 g/mol. The molecule has 0 bridgehead atoms. The van der Waals surface area contributed by atoms with Crippen LogP contribution >= 0.6 is 0 Å². The second-order valence-corrected chi connectivity index (χ2v) is 2.54. The van der Waals surface area contributed by atoms with Gasteiger partial charge in [0.1, 0.15) is 5.82 Å². The first-order chi connectivity index (χ1) is 6.18. The zero-order valence-corrected chi connectivity index (χ0v) is 7.00. The van der Waals surface area contributed by atoms with Crippen LogP contribution in [0, 0.1) is 5.82 Å². The molecule has 0 aromatic heterocycles. The SMILES string of the molecule is NC(=O)OCCc1ccc(F)cc1. The molecule has 0 heterocycles. The number of rotatable bonds is 3. The summed E-state index contributed by atoms with van der Waals surface area (Å²) < 4.78 is 17.0. The maximum absolute atomic E-state index is 12.4. The minimum Gasteiger partial charge on any atom is -0.449 e. The Kier molecular flexibility index (Phi) is 3.25. The van der Waals surface area contributed by atoms with Crippen LogP contribution in [0.3, 0.4) is 0 Å². The predicted octanol–water partition coefficient (Wildman–Crippen LogP) is 1.46. The Balaban J connectivity index is 2.37. The summed E-state index contributed by atoms with van der Waals surface area (Å²) >= 11 is 0. The van der Waals surface area contributed by atoms with Gasteiger partial charge in [-0.3, -0.25) is 0 Å². The highest BCUT2D eigenvalue weighted by atomic mass is 19.1. The van der Waals surface area contributed by atoms with Crippen LogP contribution in [0.25, 0.3) is 0 Å². The average Bonchev–Trinajstić information content (AvgIpc) is 2.08.